The van der Waals surface area contributed by atoms with Crippen LogP contribution in [-0.4, -0.2) is 25.5 Å². The predicted molar refractivity (Wildman–Crippen MR) is 86.4 cm³/mol. The Morgan fingerprint density at radius 3 is 2.35 bits per heavy atom. The number of nitrogens with two attached hydrogens (primary N) is 1. The van der Waals surface area contributed by atoms with Gasteiger partial charge < -0.3 is 5.73 Å². The van der Waals surface area contributed by atoms with Gasteiger partial charge in [-0.2, -0.15) is 0 Å². The number of hydrogen-bond donors (Lipinski definition) is 1. The molecule has 0 aromatic heterocycles. The molecular formula is C16H33NO2S. The Morgan fingerprint density at radius 2 is 1.85 bits per heavy atom. The minimum Gasteiger partial charge on any atom is -0.327 e. The molecule has 120 valence electrons. The first-order chi connectivity index (χ1) is 9.14. The van der Waals surface area contributed by atoms with E-state index in [9.17, 15) is 8.42 Å². The van der Waals surface area contributed by atoms with E-state index in [1.807, 2.05) is 13.8 Å². The van der Waals surface area contributed by atoms with Crippen molar-refractivity contribution in [3.05, 3.63) is 0 Å². The summed E-state index contributed by atoms with van der Waals surface area (Å²) in [6.07, 6.45) is 4.66. The molecular weight excluding hydrogens is 270 g/mol. The van der Waals surface area contributed by atoms with Crippen molar-refractivity contribution in [3.63, 3.8) is 0 Å². The standard InChI is InChI=1S/C16H33NO2S/c1-6-12(3)11-20(18,19)15-10-13(8-9-14(15)17)16(4,5)7-2/h12-15H,6-11,17H2,1-5H3. The first-order valence-electron chi connectivity index (χ1n) is 8.11. The first kappa shape index (κ1) is 18.0. The zero-order valence-electron chi connectivity index (χ0n) is 13.9. The smallest absolute Gasteiger partial charge is 0.154 e. The van der Waals surface area contributed by atoms with E-state index >= 15 is 0 Å². The zero-order chi connectivity index (χ0) is 15.6. The lowest BCUT2D eigenvalue weighted by molar-refractivity contribution is 0.146. The average Bonchev–Trinajstić information content (AvgIpc) is 2.38. The Balaban J connectivity index is 2.87. The fourth-order valence-corrected chi connectivity index (χ4v) is 5.67. The van der Waals surface area contributed by atoms with E-state index < -0.39 is 9.84 Å². The van der Waals surface area contributed by atoms with Gasteiger partial charge in [-0.25, -0.2) is 8.42 Å². The van der Waals surface area contributed by atoms with Crippen molar-refractivity contribution in [3.8, 4) is 0 Å². The van der Waals surface area contributed by atoms with E-state index in [-0.39, 0.29) is 22.6 Å². The molecule has 0 spiro atoms. The molecule has 0 amide bonds. The van der Waals surface area contributed by atoms with Crippen LogP contribution in [0.3, 0.4) is 0 Å². The van der Waals surface area contributed by atoms with Gasteiger partial charge in [-0.15, -0.1) is 0 Å². The Bertz CT molecular complexity index is 403. The van der Waals surface area contributed by atoms with Gasteiger partial charge in [0.2, 0.25) is 0 Å². The van der Waals surface area contributed by atoms with Gasteiger partial charge in [0.1, 0.15) is 0 Å². The van der Waals surface area contributed by atoms with Crippen LogP contribution in [0.5, 0.6) is 0 Å². The second-order valence-electron chi connectivity index (χ2n) is 7.40. The van der Waals surface area contributed by atoms with Gasteiger partial charge >= 0.3 is 0 Å². The lowest BCUT2D eigenvalue weighted by Gasteiger charge is -2.42. The molecule has 1 fully saturated rings. The zero-order valence-corrected chi connectivity index (χ0v) is 14.7. The largest absolute Gasteiger partial charge is 0.327 e. The normalized spacial score (nSPS) is 30.2. The Labute approximate surface area is 125 Å². The highest BCUT2D eigenvalue weighted by Crippen LogP contribution is 2.42. The van der Waals surface area contributed by atoms with Crippen LogP contribution >= 0.6 is 0 Å². The van der Waals surface area contributed by atoms with Crippen molar-refractivity contribution < 1.29 is 8.42 Å². The first-order valence-corrected chi connectivity index (χ1v) is 9.82. The highest BCUT2D eigenvalue weighted by Gasteiger charge is 2.41. The van der Waals surface area contributed by atoms with Crippen LogP contribution in [0, 0.1) is 17.3 Å². The summed E-state index contributed by atoms with van der Waals surface area (Å²) in [7, 11) is -3.07. The van der Waals surface area contributed by atoms with Gasteiger partial charge in [0.05, 0.1) is 11.0 Å². The fourth-order valence-electron chi connectivity index (χ4n) is 3.20. The Hall–Kier alpha value is -0.0900. The Kier molecular flexibility index (Phi) is 6.09. The third-order valence-corrected chi connectivity index (χ3v) is 8.03. The number of rotatable bonds is 6. The van der Waals surface area contributed by atoms with E-state index in [0.29, 0.717) is 11.7 Å². The Morgan fingerprint density at radius 1 is 1.25 bits per heavy atom. The summed E-state index contributed by atoms with van der Waals surface area (Å²) in [6.45, 7) is 10.8. The molecule has 1 aliphatic carbocycles. The molecule has 3 nitrogen and oxygen atoms in total. The molecule has 1 saturated carbocycles. The minimum absolute atomic E-state index is 0.173. The number of sulfone groups is 1. The van der Waals surface area contributed by atoms with Crippen LogP contribution in [0.1, 0.15) is 66.7 Å². The fraction of sp³-hybridized carbons (Fsp3) is 1.00. The number of hydrogen-bond acceptors (Lipinski definition) is 3. The highest BCUT2D eigenvalue weighted by atomic mass is 32.2. The monoisotopic (exact) mass is 303 g/mol. The second-order valence-corrected chi connectivity index (χ2v) is 9.66. The third-order valence-electron chi connectivity index (χ3n) is 5.53. The van der Waals surface area contributed by atoms with Crippen molar-refractivity contribution in [1.82, 2.24) is 0 Å². The van der Waals surface area contributed by atoms with E-state index in [1.165, 1.54) is 0 Å². The van der Waals surface area contributed by atoms with Gasteiger partial charge in [0, 0.05) is 6.04 Å². The molecule has 4 heteroatoms. The summed E-state index contributed by atoms with van der Waals surface area (Å²) in [6, 6.07) is -0.173. The maximum absolute atomic E-state index is 12.6. The lowest BCUT2D eigenvalue weighted by Crippen LogP contribution is -2.48. The van der Waals surface area contributed by atoms with Crippen molar-refractivity contribution in [2.24, 2.45) is 23.0 Å². The summed E-state index contributed by atoms with van der Waals surface area (Å²) >= 11 is 0. The third kappa shape index (κ3) is 4.20. The van der Waals surface area contributed by atoms with Crippen molar-refractivity contribution >= 4 is 9.84 Å². The van der Waals surface area contributed by atoms with E-state index in [4.69, 9.17) is 5.73 Å². The second kappa shape index (κ2) is 6.78. The van der Waals surface area contributed by atoms with Gasteiger partial charge in [-0.3, -0.25) is 0 Å². The van der Waals surface area contributed by atoms with Crippen LogP contribution in [0.25, 0.3) is 0 Å². The quantitative estimate of drug-likeness (QED) is 0.818. The molecule has 0 aromatic carbocycles. The molecule has 4 unspecified atom stereocenters. The highest BCUT2D eigenvalue weighted by molar-refractivity contribution is 7.92. The molecule has 2 N–H and O–H groups in total. The van der Waals surface area contributed by atoms with Crippen molar-refractivity contribution in [2.75, 3.05) is 5.75 Å². The summed E-state index contributed by atoms with van der Waals surface area (Å²) < 4.78 is 25.3. The van der Waals surface area contributed by atoms with Crippen LogP contribution in [0.15, 0.2) is 0 Å². The molecule has 0 aromatic rings. The van der Waals surface area contributed by atoms with Crippen LogP contribution in [-0.2, 0) is 9.84 Å². The predicted octanol–water partition coefficient (Wildman–Crippen LogP) is 3.38. The molecule has 1 rings (SSSR count). The summed E-state index contributed by atoms with van der Waals surface area (Å²) in [4.78, 5) is 0. The summed E-state index contributed by atoms with van der Waals surface area (Å²) in [5.74, 6) is 0.997. The molecule has 0 aliphatic heterocycles. The van der Waals surface area contributed by atoms with Crippen LogP contribution in [0.4, 0.5) is 0 Å². The summed E-state index contributed by atoms with van der Waals surface area (Å²) in [5.41, 5.74) is 6.36. The summed E-state index contributed by atoms with van der Waals surface area (Å²) in [5, 5.41) is -0.332. The maximum Gasteiger partial charge on any atom is 0.154 e. The van der Waals surface area contributed by atoms with Crippen LogP contribution < -0.4 is 5.73 Å². The minimum atomic E-state index is -3.07. The van der Waals surface area contributed by atoms with Crippen LogP contribution in [0.2, 0.25) is 0 Å². The van der Waals surface area contributed by atoms with Crippen molar-refractivity contribution in [1.29, 1.82) is 0 Å². The molecule has 1 aliphatic rings. The molecule has 0 radical (unpaired) electrons. The van der Waals surface area contributed by atoms with Gasteiger partial charge in [0.15, 0.2) is 9.84 Å². The molecule has 4 atom stereocenters. The van der Waals surface area contributed by atoms with Gasteiger partial charge in [-0.1, -0.05) is 47.5 Å². The SMILES string of the molecule is CCC(C)CS(=O)(=O)C1CC(C(C)(C)CC)CCC1N. The maximum atomic E-state index is 12.6. The topological polar surface area (TPSA) is 60.2 Å². The van der Waals surface area contributed by atoms with E-state index in [0.717, 1.165) is 32.1 Å². The lowest BCUT2D eigenvalue weighted by atomic mass is 9.69. The van der Waals surface area contributed by atoms with Gasteiger partial charge in [-0.05, 0) is 36.5 Å². The molecule has 0 bridgehead atoms. The van der Waals surface area contributed by atoms with Gasteiger partial charge in [0.25, 0.3) is 0 Å². The molecule has 0 saturated heterocycles. The molecule has 0 heterocycles. The average molecular weight is 304 g/mol. The van der Waals surface area contributed by atoms with E-state index in [1.54, 1.807) is 0 Å². The van der Waals surface area contributed by atoms with Crippen molar-refractivity contribution in [2.45, 2.75) is 78.0 Å². The molecule has 20 heavy (non-hydrogen) atoms. The van der Waals surface area contributed by atoms with E-state index in [2.05, 4.69) is 20.8 Å².